The molecule has 1 N–H and O–H groups in total. The highest BCUT2D eigenvalue weighted by Gasteiger charge is 2.23. The molecule has 2 aromatic rings. The van der Waals surface area contributed by atoms with E-state index in [0.29, 0.717) is 0 Å². The van der Waals surface area contributed by atoms with Gasteiger partial charge in [0.2, 0.25) is 0 Å². The molecule has 1 radical (unpaired) electrons. The molecule has 1 aliphatic rings. The van der Waals surface area contributed by atoms with E-state index >= 15 is 0 Å². The number of ether oxygens (including phenoxy) is 1. The van der Waals surface area contributed by atoms with Crippen molar-refractivity contribution in [3.8, 4) is 11.5 Å². The first kappa shape index (κ1) is 14.4. The normalized spacial score (nSPS) is 22.0. The molecule has 5 heteroatoms. The Kier molecular flexibility index (Phi) is 4.41. The van der Waals surface area contributed by atoms with Crippen molar-refractivity contribution in [2.45, 2.75) is 25.0 Å². The molecular formula is C16H16BrN2O2. The summed E-state index contributed by atoms with van der Waals surface area (Å²) in [5, 5.41) is 14.8. The molecule has 21 heavy (non-hydrogen) atoms. The first-order valence-electron chi connectivity index (χ1n) is 6.99. The highest BCUT2D eigenvalue weighted by molar-refractivity contribution is 9.10. The van der Waals surface area contributed by atoms with E-state index in [0.717, 1.165) is 35.2 Å². The molecule has 2 unspecified atom stereocenters. The smallest absolute Gasteiger partial charge is 0.197 e. The second kappa shape index (κ2) is 6.45. The summed E-state index contributed by atoms with van der Waals surface area (Å²) in [5.41, 5.74) is 0.960. The van der Waals surface area contributed by atoms with Crippen LogP contribution in [0.1, 0.15) is 24.4 Å². The number of rotatable bonds is 3. The van der Waals surface area contributed by atoms with Crippen LogP contribution < -0.4 is 10.1 Å². The van der Waals surface area contributed by atoms with Gasteiger partial charge in [0.25, 0.3) is 0 Å². The van der Waals surface area contributed by atoms with Crippen molar-refractivity contribution in [3.63, 3.8) is 0 Å². The molecule has 1 aromatic heterocycles. The Bertz CT molecular complexity index is 613. The summed E-state index contributed by atoms with van der Waals surface area (Å²) in [6.45, 7) is 0.759. The lowest BCUT2D eigenvalue weighted by Crippen LogP contribution is -2.39. The summed E-state index contributed by atoms with van der Waals surface area (Å²) in [7, 11) is 0. The molecule has 0 saturated carbocycles. The fourth-order valence-electron chi connectivity index (χ4n) is 2.56. The zero-order chi connectivity index (χ0) is 14.7. The minimum Gasteiger partial charge on any atom is -0.488 e. The van der Waals surface area contributed by atoms with E-state index in [-0.39, 0.29) is 17.9 Å². The standard InChI is InChI=1S/C16H16BrN2O2/c17-14-3-1-2-4-16(14)21-13-5-6-15(19-10-13)11-7-12(20)9-18-8-11/h1-4,7-9,13,15,19H,5-6,10H2. The summed E-state index contributed by atoms with van der Waals surface area (Å²) < 4.78 is 6.98. The summed E-state index contributed by atoms with van der Waals surface area (Å²) in [6, 6.07) is 9.70. The number of halogens is 1. The lowest BCUT2D eigenvalue weighted by molar-refractivity contribution is 0.148. The lowest BCUT2D eigenvalue weighted by Gasteiger charge is -2.30. The summed E-state index contributed by atoms with van der Waals surface area (Å²) in [5.74, 6) is 0.826. The highest BCUT2D eigenvalue weighted by atomic mass is 79.9. The number of aromatic nitrogens is 1. The molecular weight excluding hydrogens is 332 g/mol. The summed E-state index contributed by atoms with van der Waals surface area (Å²) >= 11 is 3.49. The van der Waals surface area contributed by atoms with Crippen molar-refractivity contribution in [1.29, 1.82) is 0 Å². The van der Waals surface area contributed by atoms with E-state index in [1.165, 1.54) is 6.20 Å². The maximum atomic E-state index is 11.4. The van der Waals surface area contributed by atoms with Gasteiger partial charge in [-0.2, -0.15) is 0 Å². The van der Waals surface area contributed by atoms with Gasteiger partial charge < -0.3 is 10.1 Å². The molecule has 1 fully saturated rings. The summed E-state index contributed by atoms with van der Waals surface area (Å²) in [6.07, 6.45) is 5.12. The van der Waals surface area contributed by atoms with Gasteiger partial charge in [-0.15, -0.1) is 0 Å². The van der Waals surface area contributed by atoms with Gasteiger partial charge in [-0.3, -0.25) is 10.1 Å². The Balaban J connectivity index is 1.59. The third-order valence-corrected chi connectivity index (χ3v) is 4.29. The van der Waals surface area contributed by atoms with Crippen molar-refractivity contribution < 1.29 is 9.84 Å². The molecule has 0 spiro atoms. The molecule has 2 atom stereocenters. The fraction of sp³-hybridized carbons (Fsp3) is 0.312. The van der Waals surface area contributed by atoms with Crippen molar-refractivity contribution >= 4 is 15.9 Å². The number of nitrogens with zero attached hydrogens (tertiary/aromatic N) is 1. The van der Waals surface area contributed by atoms with E-state index in [4.69, 9.17) is 4.74 Å². The van der Waals surface area contributed by atoms with E-state index in [9.17, 15) is 5.11 Å². The van der Waals surface area contributed by atoms with Gasteiger partial charge in [-0.05, 0) is 52.5 Å². The maximum absolute atomic E-state index is 11.4. The summed E-state index contributed by atoms with van der Waals surface area (Å²) in [4.78, 5) is 3.97. The number of hydrogen-bond donors (Lipinski definition) is 1. The first-order chi connectivity index (χ1) is 10.2. The molecule has 4 nitrogen and oxygen atoms in total. The average molecular weight is 348 g/mol. The van der Waals surface area contributed by atoms with E-state index < -0.39 is 0 Å². The number of benzene rings is 1. The Morgan fingerprint density at radius 3 is 2.81 bits per heavy atom. The van der Waals surface area contributed by atoms with Crippen LogP contribution >= 0.6 is 15.9 Å². The monoisotopic (exact) mass is 347 g/mol. The molecule has 109 valence electrons. The SMILES string of the molecule is [O]c1cncc(C2CCC(Oc3ccccc3Br)CN2)c1. The quantitative estimate of drug-likeness (QED) is 0.916. The van der Waals surface area contributed by atoms with Gasteiger partial charge in [0, 0.05) is 18.8 Å². The molecule has 0 bridgehead atoms. The fourth-order valence-corrected chi connectivity index (χ4v) is 2.94. The van der Waals surface area contributed by atoms with E-state index in [2.05, 4.69) is 26.2 Å². The minimum atomic E-state index is -0.0408. The van der Waals surface area contributed by atoms with Crippen molar-refractivity contribution in [2.24, 2.45) is 0 Å². The molecule has 1 aliphatic heterocycles. The van der Waals surface area contributed by atoms with Gasteiger partial charge in [0.05, 0.1) is 10.7 Å². The van der Waals surface area contributed by atoms with Crippen LogP contribution in [0.25, 0.3) is 0 Å². The predicted octanol–water partition coefficient (Wildman–Crippen LogP) is 3.86. The average Bonchev–Trinajstić information content (AvgIpc) is 2.50. The topological polar surface area (TPSA) is 54.0 Å². The molecule has 0 amide bonds. The highest BCUT2D eigenvalue weighted by Crippen LogP contribution is 2.29. The number of pyridine rings is 1. The Hall–Kier alpha value is -1.59. The third-order valence-electron chi connectivity index (χ3n) is 3.64. The number of piperidine rings is 1. The lowest BCUT2D eigenvalue weighted by atomic mass is 9.97. The minimum absolute atomic E-state index is 0.0408. The van der Waals surface area contributed by atoms with Crippen molar-refractivity contribution in [1.82, 2.24) is 10.3 Å². The van der Waals surface area contributed by atoms with E-state index in [1.54, 1.807) is 12.3 Å². The van der Waals surface area contributed by atoms with Gasteiger partial charge in [0.1, 0.15) is 11.9 Å². The van der Waals surface area contributed by atoms with Crippen molar-refractivity contribution in [2.75, 3.05) is 6.54 Å². The first-order valence-corrected chi connectivity index (χ1v) is 7.78. The molecule has 2 heterocycles. The van der Waals surface area contributed by atoms with Crippen LogP contribution in [0.2, 0.25) is 0 Å². The van der Waals surface area contributed by atoms with Gasteiger partial charge in [-0.25, -0.2) is 0 Å². The molecule has 1 saturated heterocycles. The van der Waals surface area contributed by atoms with Gasteiger partial charge >= 0.3 is 0 Å². The zero-order valence-electron chi connectivity index (χ0n) is 11.5. The number of hydrogen-bond acceptors (Lipinski definition) is 3. The van der Waals surface area contributed by atoms with Crippen molar-refractivity contribution in [3.05, 3.63) is 52.8 Å². The second-order valence-electron chi connectivity index (χ2n) is 5.16. The zero-order valence-corrected chi connectivity index (χ0v) is 13.0. The maximum Gasteiger partial charge on any atom is 0.197 e. The predicted molar refractivity (Wildman–Crippen MR) is 82.9 cm³/mol. The van der Waals surface area contributed by atoms with Crippen LogP contribution in [0.5, 0.6) is 11.5 Å². The van der Waals surface area contributed by atoms with Crippen LogP contribution in [0.4, 0.5) is 0 Å². The van der Waals surface area contributed by atoms with Crippen LogP contribution in [0, 0.1) is 0 Å². The van der Waals surface area contributed by atoms with Gasteiger partial charge in [-0.1, -0.05) is 12.1 Å². The van der Waals surface area contributed by atoms with Crippen LogP contribution in [-0.2, 0) is 5.11 Å². The van der Waals surface area contributed by atoms with E-state index in [1.807, 2.05) is 24.3 Å². The van der Waals surface area contributed by atoms with Crippen LogP contribution in [0.15, 0.2) is 47.2 Å². The molecule has 3 rings (SSSR count). The van der Waals surface area contributed by atoms with Crippen LogP contribution in [0.3, 0.4) is 0 Å². The number of para-hydroxylation sites is 1. The van der Waals surface area contributed by atoms with Gasteiger partial charge in [0.15, 0.2) is 5.75 Å². The largest absolute Gasteiger partial charge is 0.488 e. The number of nitrogens with one attached hydrogen (secondary N) is 1. The Morgan fingerprint density at radius 2 is 2.10 bits per heavy atom. The Morgan fingerprint density at radius 1 is 1.24 bits per heavy atom. The molecule has 1 aromatic carbocycles. The Labute approximate surface area is 132 Å². The third kappa shape index (κ3) is 3.54. The second-order valence-corrected chi connectivity index (χ2v) is 6.02. The molecule has 0 aliphatic carbocycles. The van der Waals surface area contributed by atoms with Crippen LogP contribution in [-0.4, -0.2) is 17.6 Å².